The summed E-state index contributed by atoms with van der Waals surface area (Å²) < 4.78 is 8.97. The lowest BCUT2D eigenvalue weighted by molar-refractivity contribution is -0.115. The number of halogens is 1. The first kappa shape index (κ1) is 23.3. The lowest BCUT2D eigenvalue weighted by Gasteiger charge is -2.15. The SMILES string of the molecule is COCCCn1c(SC(C)C(=O)Nc2ccnn2C(C)C)nnc1-c1ccccc1Cl. The van der Waals surface area contributed by atoms with E-state index in [0.29, 0.717) is 35.0 Å². The van der Waals surface area contributed by atoms with E-state index in [2.05, 4.69) is 20.6 Å². The van der Waals surface area contributed by atoms with Gasteiger partial charge in [-0.15, -0.1) is 10.2 Å². The Kier molecular flexibility index (Phi) is 8.11. The summed E-state index contributed by atoms with van der Waals surface area (Å²) >= 11 is 7.75. The highest BCUT2D eigenvalue weighted by molar-refractivity contribution is 8.00. The first-order valence-electron chi connectivity index (χ1n) is 10.1. The van der Waals surface area contributed by atoms with Gasteiger partial charge in [0.25, 0.3) is 0 Å². The smallest absolute Gasteiger partial charge is 0.238 e. The quantitative estimate of drug-likeness (QED) is 0.352. The highest BCUT2D eigenvalue weighted by atomic mass is 35.5. The van der Waals surface area contributed by atoms with Crippen molar-refractivity contribution in [1.82, 2.24) is 24.5 Å². The van der Waals surface area contributed by atoms with Crippen LogP contribution in [0.3, 0.4) is 0 Å². The number of aromatic nitrogens is 5. The summed E-state index contributed by atoms with van der Waals surface area (Å²) in [5, 5.41) is 16.8. The van der Waals surface area contributed by atoms with E-state index in [-0.39, 0.29) is 17.2 Å². The van der Waals surface area contributed by atoms with E-state index in [9.17, 15) is 4.79 Å². The second-order valence-corrected chi connectivity index (χ2v) is 9.00. The van der Waals surface area contributed by atoms with Crippen LogP contribution in [0.2, 0.25) is 5.02 Å². The third kappa shape index (κ3) is 5.66. The predicted molar refractivity (Wildman–Crippen MR) is 124 cm³/mol. The largest absolute Gasteiger partial charge is 0.385 e. The zero-order valence-corrected chi connectivity index (χ0v) is 19.7. The minimum absolute atomic E-state index is 0.127. The molecule has 31 heavy (non-hydrogen) atoms. The number of carbonyl (C=O) groups is 1. The lowest BCUT2D eigenvalue weighted by Crippen LogP contribution is -2.25. The summed E-state index contributed by atoms with van der Waals surface area (Å²) in [4.78, 5) is 12.8. The minimum atomic E-state index is -0.389. The van der Waals surface area contributed by atoms with Gasteiger partial charge in [0.2, 0.25) is 5.91 Å². The summed E-state index contributed by atoms with van der Waals surface area (Å²) in [6.07, 6.45) is 2.46. The molecule has 2 aromatic heterocycles. The van der Waals surface area contributed by atoms with Crippen molar-refractivity contribution < 1.29 is 9.53 Å². The van der Waals surface area contributed by atoms with E-state index in [4.69, 9.17) is 16.3 Å². The number of methoxy groups -OCH3 is 1. The number of hydrogen-bond donors (Lipinski definition) is 1. The van der Waals surface area contributed by atoms with E-state index < -0.39 is 0 Å². The van der Waals surface area contributed by atoms with Gasteiger partial charge in [0.1, 0.15) is 5.82 Å². The molecule has 8 nitrogen and oxygen atoms in total. The molecule has 0 bridgehead atoms. The molecule has 0 radical (unpaired) electrons. The average molecular weight is 463 g/mol. The molecule has 0 saturated carbocycles. The molecule has 2 heterocycles. The number of anilines is 1. The maximum absolute atomic E-state index is 12.8. The molecule has 1 aromatic carbocycles. The van der Waals surface area contributed by atoms with Gasteiger partial charge in [-0.3, -0.25) is 4.79 Å². The fraction of sp³-hybridized carbons (Fsp3) is 0.429. The Morgan fingerprint density at radius 1 is 1.23 bits per heavy atom. The molecule has 3 aromatic rings. The Labute approximate surface area is 191 Å². The van der Waals surface area contributed by atoms with Crippen LogP contribution < -0.4 is 5.32 Å². The number of carbonyl (C=O) groups excluding carboxylic acids is 1. The number of ether oxygens (including phenoxy) is 1. The van der Waals surface area contributed by atoms with Gasteiger partial charge < -0.3 is 14.6 Å². The first-order chi connectivity index (χ1) is 14.9. The zero-order valence-electron chi connectivity index (χ0n) is 18.1. The summed E-state index contributed by atoms with van der Waals surface area (Å²) in [6.45, 7) is 7.14. The van der Waals surface area contributed by atoms with Crippen molar-refractivity contribution in [2.75, 3.05) is 19.0 Å². The van der Waals surface area contributed by atoms with Gasteiger partial charge in [0, 0.05) is 37.9 Å². The summed E-state index contributed by atoms with van der Waals surface area (Å²) in [5.41, 5.74) is 0.805. The van der Waals surface area contributed by atoms with Crippen LogP contribution in [0.4, 0.5) is 5.82 Å². The molecule has 0 fully saturated rings. The molecule has 0 saturated heterocycles. The predicted octanol–water partition coefficient (Wildman–Crippen LogP) is 4.53. The highest BCUT2D eigenvalue weighted by Gasteiger charge is 2.22. The molecule has 0 aliphatic carbocycles. The van der Waals surface area contributed by atoms with Crippen LogP contribution in [-0.2, 0) is 16.1 Å². The normalized spacial score (nSPS) is 12.3. The zero-order chi connectivity index (χ0) is 22.4. The van der Waals surface area contributed by atoms with Crippen molar-refractivity contribution in [2.24, 2.45) is 0 Å². The maximum atomic E-state index is 12.8. The summed E-state index contributed by atoms with van der Waals surface area (Å²) in [6, 6.07) is 9.47. The molecular weight excluding hydrogens is 436 g/mol. The number of amides is 1. The molecule has 3 rings (SSSR count). The topological polar surface area (TPSA) is 86.9 Å². The molecule has 1 N–H and O–H groups in total. The van der Waals surface area contributed by atoms with Gasteiger partial charge in [0.05, 0.1) is 16.5 Å². The monoisotopic (exact) mass is 462 g/mol. The lowest BCUT2D eigenvalue weighted by atomic mass is 10.2. The van der Waals surface area contributed by atoms with Crippen LogP contribution in [0.25, 0.3) is 11.4 Å². The fourth-order valence-corrected chi connectivity index (χ4v) is 4.15. The number of hydrogen-bond acceptors (Lipinski definition) is 6. The van der Waals surface area contributed by atoms with Crippen molar-refractivity contribution in [2.45, 2.75) is 50.2 Å². The summed E-state index contributed by atoms with van der Waals surface area (Å²) in [7, 11) is 1.67. The molecule has 0 spiro atoms. The van der Waals surface area contributed by atoms with Crippen LogP contribution in [0.5, 0.6) is 0 Å². The molecule has 1 atom stereocenters. The second kappa shape index (κ2) is 10.8. The Bertz CT molecular complexity index is 1020. The molecule has 10 heteroatoms. The molecular formula is C21H27ClN6O2S. The van der Waals surface area contributed by atoms with E-state index >= 15 is 0 Å². The van der Waals surface area contributed by atoms with Gasteiger partial charge in [-0.1, -0.05) is 35.5 Å². The number of nitrogens with one attached hydrogen (secondary N) is 1. The van der Waals surface area contributed by atoms with Crippen molar-refractivity contribution in [3.05, 3.63) is 41.6 Å². The van der Waals surface area contributed by atoms with Crippen LogP contribution in [0.1, 0.15) is 33.2 Å². The molecule has 0 aliphatic rings. The van der Waals surface area contributed by atoms with Crippen LogP contribution >= 0.6 is 23.4 Å². The molecule has 1 amide bonds. The molecule has 0 aliphatic heterocycles. The van der Waals surface area contributed by atoms with E-state index in [1.54, 1.807) is 24.1 Å². The minimum Gasteiger partial charge on any atom is -0.385 e. The van der Waals surface area contributed by atoms with Crippen molar-refractivity contribution in [3.8, 4) is 11.4 Å². The average Bonchev–Trinajstić information content (AvgIpc) is 3.36. The third-order valence-corrected chi connectivity index (χ3v) is 6.03. The maximum Gasteiger partial charge on any atom is 0.238 e. The number of nitrogens with zero attached hydrogens (tertiary/aromatic N) is 5. The highest BCUT2D eigenvalue weighted by Crippen LogP contribution is 2.31. The van der Waals surface area contributed by atoms with Gasteiger partial charge >= 0.3 is 0 Å². The Hall–Kier alpha value is -2.36. The van der Waals surface area contributed by atoms with Crippen LogP contribution in [0, 0.1) is 0 Å². The third-order valence-electron chi connectivity index (χ3n) is 4.62. The number of benzene rings is 1. The summed E-state index contributed by atoms with van der Waals surface area (Å²) in [5.74, 6) is 1.22. The van der Waals surface area contributed by atoms with E-state index in [1.165, 1.54) is 11.8 Å². The Morgan fingerprint density at radius 2 is 2.00 bits per heavy atom. The van der Waals surface area contributed by atoms with E-state index in [0.717, 1.165) is 12.0 Å². The van der Waals surface area contributed by atoms with Gasteiger partial charge in [-0.05, 0) is 39.3 Å². The van der Waals surface area contributed by atoms with Crippen LogP contribution in [0.15, 0.2) is 41.7 Å². The van der Waals surface area contributed by atoms with Crippen molar-refractivity contribution in [3.63, 3.8) is 0 Å². The Morgan fingerprint density at radius 3 is 2.71 bits per heavy atom. The second-order valence-electron chi connectivity index (χ2n) is 7.29. The van der Waals surface area contributed by atoms with Gasteiger partial charge in [-0.25, -0.2) is 4.68 Å². The molecule has 166 valence electrons. The standard InChI is InChI=1S/C21H27ClN6O2S/c1-14(2)28-18(10-11-23-28)24-20(29)15(3)31-21-26-25-19(27(21)12-7-13-30-4)16-8-5-6-9-17(16)22/h5-6,8-11,14-15H,7,12-13H2,1-4H3,(H,24,29). The van der Waals surface area contributed by atoms with Gasteiger partial charge in [-0.2, -0.15) is 5.10 Å². The number of thioether (sulfide) groups is 1. The molecule has 1 unspecified atom stereocenters. The first-order valence-corrected chi connectivity index (χ1v) is 11.4. The van der Waals surface area contributed by atoms with Crippen LogP contribution in [-0.4, -0.2) is 49.4 Å². The van der Waals surface area contributed by atoms with Crippen molar-refractivity contribution in [1.29, 1.82) is 0 Å². The van der Waals surface area contributed by atoms with Crippen molar-refractivity contribution >= 4 is 35.1 Å². The number of rotatable bonds is 10. The van der Waals surface area contributed by atoms with Gasteiger partial charge in [0.15, 0.2) is 11.0 Å². The van der Waals surface area contributed by atoms with E-state index in [1.807, 2.05) is 49.6 Å². The Balaban J connectivity index is 1.80. The fourth-order valence-electron chi connectivity index (χ4n) is 3.05.